The van der Waals surface area contributed by atoms with Crippen LogP contribution in [0.25, 0.3) is 33.3 Å². The molecule has 0 saturated carbocycles. The van der Waals surface area contributed by atoms with Crippen LogP contribution in [0, 0.1) is 13.8 Å². The largest absolute Gasteiger partial charge is 0.436 e. The fourth-order valence-electron chi connectivity index (χ4n) is 3.90. The minimum Gasteiger partial charge on any atom is -0.436 e. The molecule has 1 amide bonds. The molecule has 152 valence electrons. The number of oxazole rings is 1. The van der Waals surface area contributed by atoms with E-state index in [4.69, 9.17) is 16.0 Å². The summed E-state index contributed by atoms with van der Waals surface area (Å²) in [4.78, 5) is 17.7. The number of aryl methyl sites for hydroxylation is 2. The second-order valence-corrected chi connectivity index (χ2v) is 8.03. The smallest absolute Gasteiger partial charge is 0.256 e. The van der Waals surface area contributed by atoms with Gasteiger partial charge in [-0.3, -0.25) is 4.79 Å². The van der Waals surface area contributed by atoms with E-state index in [9.17, 15) is 4.79 Å². The molecule has 5 rings (SSSR count). The Hall–Kier alpha value is -3.63. The Bertz CT molecular complexity index is 1470. The molecule has 5 aromatic rings. The lowest BCUT2D eigenvalue weighted by molar-refractivity contribution is 0.102. The van der Waals surface area contributed by atoms with E-state index in [1.807, 2.05) is 74.5 Å². The van der Waals surface area contributed by atoms with E-state index < -0.39 is 0 Å². The summed E-state index contributed by atoms with van der Waals surface area (Å²) in [5.74, 6) is 0.325. The zero-order valence-corrected chi connectivity index (χ0v) is 17.8. The van der Waals surface area contributed by atoms with Crippen molar-refractivity contribution in [3.8, 4) is 11.5 Å². The lowest BCUT2D eigenvalue weighted by Gasteiger charge is -2.09. The highest BCUT2D eigenvalue weighted by atomic mass is 35.5. The molecule has 0 saturated heterocycles. The molecule has 31 heavy (non-hydrogen) atoms. The van der Waals surface area contributed by atoms with E-state index in [2.05, 4.69) is 16.4 Å². The van der Waals surface area contributed by atoms with Crippen LogP contribution in [-0.4, -0.2) is 10.9 Å². The number of carbonyl (C=O) groups is 1. The summed E-state index contributed by atoms with van der Waals surface area (Å²) in [5, 5.41) is 5.27. The summed E-state index contributed by atoms with van der Waals surface area (Å²) in [7, 11) is 0. The average Bonchev–Trinajstić information content (AvgIpc) is 3.18. The topological polar surface area (TPSA) is 55.1 Å². The molecule has 4 aromatic carbocycles. The maximum absolute atomic E-state index is 13.0. The highest BCUT2D eigenvalue weighted by Gasteiger charge is 2.14. The first-order valence-electron chi connectivity index (χ1n) is 9.96. The van der Waals surface area contributed by atoms with Gasteiger partial charge in [-0.2, -0.15) is 0 Å². The van der Waals surface area contributed by atoms with Gasteiger partial charge in [-0.05, 0) is 66.8 Å². The van der Waals surface area contributed by atoms with Gasteiger partial charge in [-0.15, -0.1) is 0 Å². The van der Waals surface area contributed by atoms with Gasteiger partial charge in [0.15, 0.2) is 5.58 Å². The minimum atomic E-state index is -0.200. The maximum atomic E-state index is 13.0. The van der Waals surface area contributed by atoms with Crippen LogP contribution < -0.4 is 5.32 Å². The number of carbonyl (C=O) groups excluding carboxylic acids is 1. The number of nitrogens with one attached hydrogen (secondary N) is 1. The molecule has 5 heteroatoms. The van der Waals surface area contributed by atoms with Crippen molar-refractivity contribution in [2.24, 2.45) is 0 Å². The number of rotatable bonds is 3. The van der Waals surface area contributed by atoms with Crippen molar-refractivity contribution in [1.82, 2.24) is 4.98 Å². The summed E-state index contributed by atoms with van der Waals surface area (Å²) >= 11 is 6.29. The highest BCUT2D eigenvalue weighted by molar-refractivity contribution is 6.36. The Kier molecular flexibility index (Phi) is 4.72. The van der Waals surface area contributed by atoms with Gasteiger partial charge >= 0.3 is 0 Å². The van der Waals surface area contributed by atoms with E-state index in [1.54, 1.807) is 6.07 Å². The van der Waals surface area contributed by atoms with Crippen LogP contribution in [-0.2, 0) is 0 Å². The monoisotopic (exact) mass is 426 g/mol. The van der Waals surface area contributed by atoms with Crippen LogP contribution in [0.4, 0.5) is 5.69 Å². The van der Waals surface area contributed by atoms with Crippen molar-refractivity contribution in [2.45, 2.75) is 13.8 Å². The lowest BCUT2D eigenvalue weighted by atomic mass is 10.0. The third-order valence-electron chi connectivity index (χ3n) is 5.30. The fourth-order valence-corrected chi connectivity index (χ4v) is 4.14. The van der Waals surface area contributed by atoms with Crippen molar-refractivity contribution in [3.63, 3.8) is 0 Å². The SMILES string of the molecule is Cc1cc(C)c2oc(-c3cccc(NC(=O)c4cccc5c(Cl)cccc45)c3)nc2c1. The molecule has 0 unspecified atom stereocenters. The van der Waals surface area contributed by atoms with Gasteiger partial charge < -0.3 is 9.73 Å². The van der Waals surface area contributed by atoms with Crippen LogP contribution in [0.5, 0.6) is 0 Å². The summed E-state index contributed by atoms with van der Waals surface area (Å²) in [5.41, 5.74) is 5.83. The Balaban J connectivity index is 1.48. The van der Waals surface area contributed by atoms with Crippen LogP contribution in [0.1, 0.15) is 21.5 Å². The number of halogens is 1. The minimum absolute atomic E-state index is 0.200. The summed E-state index contributed by atoms with van der Waals surface area (Å²) in [6.45, 7) is 4.05. The molecule has 1 aromatic heterocycles. The van der Waals surface area contributed by atoms with Gasteiger partial charge in [-0.25, -0.2) is 4.98 Å². The van der Waals surface area contributed by atoms with Crippen LogP contribution >= 0.6 is 11.6 Å². The third-order valence-corrected chi connectivity index (χ3v) is 5.63. The van der Waals surface area contributed by atoms with Gasteiger partial charge in [-0.1, -0.05) is 48.0 Å². The molecule has 1 heterocycles. The molecule has 0 radical (unpaired) electrons. The van der Waals surface area contributed by atoms with E-state index in [0.29, 0.717) is 22.2 Å². The third kappa shape index (κ3) is 3.56. The lowest BCUT2D eigenvalue weighted by Crippen LogP contribution is -2.12. The van der Waals surface area contributed by atoms with Crippen LogP contribution in [0.2, 0.25) is 5.02 Å². The summed E-state index contributed by atoms with van der Waals surface area (Å²) in [6.07, 6.45) is 0. The molecule has 0 aliphatic rings. The second kappa shape index (κ2) is 7.56. The Morgan fingerprint density at radius 3 is 2.58 bits per heavy atom. The van der Waals surface area contributed by atoms with Gasteiger partial charge in [0, 0.05) is 27.2 Å². The first kappa shape index (κ1) is 19.3. The van der Waals surface area contributed by atoms with E-state index in [-0.39, 0.29) is 5.91 Å². The number of aromatic nitrogens is 1. The van der Waals surface area contributed by atoms with E-state index in [1.165, 1.54) is 0 Å². The number of nitrogens with zero attached hydrogens (tertiary/aromatic N) is 1. The number of fused-ring (bicyclic) bond motifs is 2. The van der Waals surface area contributed by atoms with E-state index >= 15 is 0 Å². The normalized spacial score (nSPS) is 11.2. The van der Waals surface area contributed by atoms with Crippen LogP contribution in [0.3, 0.4) is 0 Å². The molecule has 0 aliphatic carbocycles. The maximum Gasteiger partial charge on any atom is 0.256 e. The molecule has 0 atom stereocenters. The summed E-state index contributed by atoms with van der Waals surface area (Å²) < 4.78 is 6.02. The molecule has 1 N–H and O–H groups in total. The van der Waals surface area contributed by atoms with Crippen molar-refractivity contribution < 1.29 is 9.21 Å². The van der Waals surface area contributed by atoms with Gasteiger partial charge in [0.25, 0.3) is 5.91 Å². The van der Waals surface area contributed by atoms with Crippen molar-refractivity contribution in [3.05, 3.63) is 94.5 Å². The first-order chi connectivity index (χ1) is 15.0. The van der Waals surface area contributed by atoms with Gasteiger partial charge in [0.1, 0.15) is 5.52 Å². The predicted molar refractivity (Wildman–Crippen MR) is 126 cm³/mol. The van der Waals surface area contributed by atoms with Crippen LogP contribution in [0.15, 0.2) is 77.2 Å². The Morgan fingerprint density at radius 2 is 1.71 bits per heavy atom. The number of benzene rings is 4. The molecule has 0 spiro atoms. The zero-order valence-electron chi connectivity index (χ0n) is 17.1. The quantitative estimate of drug-likeness (QED) is 0.332. The molecule has 0 aliphatic heterocycles. The number of hydrogen-bond donors (Lipinski definition) is 1. The Morgan fingerprint density at radius 1 is 0.935 bits per heavy atom. The molecule has 0 bridgehead atoms. The first-order valence-corrected chi connectivity index (χ1v) is 10.3. The second-order valence-electron chi connectivity index (χ2n) is 7.62. The van der Waals surface area contributed by atoms with Gasteiger partial charge in [0.05, 0.1) is 0 Å². The number of amides is 1. The molecular weight excluding hydrogens is 408 g/mol. The number of anilines is 1. The summed E-state index contributed by atoms with van der Waals surface area (Å²) in [6, 6.07) is 22.7. The molecular formula is C26H19ClN2O2. The standard InChI is InChI=1S/C26H19ClN2O2/c1-15-12-16(2)24-23(13-15)29-26(31-24)17-6-3-7-18(14-17)28-25(30)21-10-4-9-20-19(21)8-5-11-22(20)27/h3-14H,1-2H3,(H,28,30). The fraction of sp³-hybridized carbons (Fsp3) is 0.0769. The zero-order chi connectivity index (χ0) is 21.5. The highest BCUT2D eigenvalue weighted by Crippen LogP contribution is 2.30. The van der Waals surface area contributed by atoms with Crippen molar-refractivity contribution in [1.29, 1.82) is 0 Å². The van der Waals surface area contributed by atoms with Gasteiger partial charge in [0.2, 0.25) is 5.89 Å². The van der Waals surface area contributed by atoms with Crippen molar-refractivity contribution in [2.75, 3.05) is 5.32 Å². The van der Waals surface area contributed by atoms with E-state index in [0.717, 1.165) is 38.6 Å². The number of hydrogen-bond acceptors (Lipinski definition) is 3. The predicted octanol–water partition coefficient (Wildman–Crippen LogP) is 7.17. The Labute approximate surface area is 184 Å². The average molecular weight is 427 g/mol. The van der Waals surface area contributed by atoms with Crippen molar-refractivity contribution >= 4 is 45.1 Å². The molecule has 4 nitrogen and oxygen atoms in total. The molecule has 0 fully saturated rings.